The highest BCUT2D eigenvalue weighted by Gasteiger charge is 2.33. The van der Waals surface area contributed by atoms with Crippen molar-refractivity contribution >= 4 is 40.7 Å². The number of nitrogens with one attached hydrogen (secondary N) is 1. The number of rotatable bonds is 11. The first-order valence-electron chi connectivity index (χ1n) is 15.2. The zero-order valence-electron chi connectivity index (χ0n) is 26.6. The second-order valence-corrected chi connectivity index (χ2v) is 13.1. The average Bonchev–Trinajstić information content (AvgIpc) is 3.28. The Kier molecular flexibility index (Phi) is 11.0. The standard InChI is InChI=1S/C34H41Cl2N5O4/c1-7-22(2)30(28-20-27-29(36)23(3)38-41(27)33(44)40(28)21-24-12-9-8-10-13-24)39(31(42)25-14-16-26(35)17-15-25)19-11-18-37-32(43)45-34(4,5)6/h8-10,12-17,20,22,30H,7,11,18-19,21H2,1-6H3,(H,37,43)/t22-,30-/m0/s1. The molecule has 0 saturated heterocycles. The maximum Gasteiger partial charge on any atom is 0.407 e. The predicted molar refractivity (Wildman–Crippen MR) is 178 cm³/mol. The van der Waals surface area contributed by atoms with Gasteiger partial charge in [0.15, 0.2) is 0 Å². The predicted octanol–water partition coefficient (Wildman–Crippen LogP) is 7.30. The number of nitrogens with zero attached hydrogens (tertiary/aromatic N) is 4. The van der Waals surface area contributed by atoms with Gasteiger partial charge in [-0.15, -0.1) is 0 Å². The fourth-order valence-corrected chi connectivity index (χ4v) is 5.57. The molecule has 4 aromatic rings. The molecule has 2 heterocycles. The number of aryl methyl sites for hydroxylation is 1. The second kappa shape index (κ2) is 14.5. The van der Waals surface area contributed by atoms with E-state index in [1.54, 1.807) is 61.4 Å². The Bertz CT molecular complexity index is 1690. The summed E-state index contributed by atoms with van der Waals surface area (Å²) in [5, 5.41) is 8.12. The molecular formula is C34H41Cl2N5O4. The fraction of sp³-hybridized carbons (Fsp3) is 0.412. The Hall–Kier alpha value is -3.82. The summed E-state index contributed by atoms with van der Waals surface area (Å²) in [6.45, 7) is 12.1. The number of alkyl carbamates (subject to hydrolysis) is 1. The number of carbonyl (C=O) groups is 2. The van der Waals surface area contributed by atoms with Crippen LogP contribution in [0.3, 0.4) is 0 Å². The van der Waals surface area contributed by atoms with Crippen LogP contribution < -0.4 is 11.0 Å². The van der Waals surface area contributed by atoms with Crippen molar-refractivity contribution in [2.24, 2.45) is 5.92 Å². The summed E-state index contributed by atoms with van der Waals surface area (Å²) in [6, 6.07) is 17.8. The summed E-state index contributed by atoms with van der Waals surface area (Å²) in [7, 11) is 0. The monoisotopic (exact) mass is 653 g/mol. The lowest BCUT2D eigenvalue weighted by molar-refractivity contribution is 0.0518. The molecule has 0 aliphatic heterocycles. The van der Waals surface area contributed by atoms with Gasteiger partial charge in [-0.25, -0.2) is 9.59 Å². The second-order valence-electron chi connectivity index (χ2n) is 12.2. The number of amides is 2. The third-order valence-electron chi connectivity index (χ3n) is 7.63. The number of hydrogen-bond acceptors (Lipinski definition) is 5. The highest BCUT2D eigenvalue weighted by molar-refractivity contribution is 6.34. The number of halogens is 2. The van der Waals surface area contributed by atoms with Gasteiger partial charge in [-0.05, 0) is 75.9 Å². The first-order valence-corrected chi connectivity index (χ1v) is 15.9. The van der Waals surface area contributed by atoms with Crippen LogP contribution in [0.4, 0.5) is 4.79 Å². The Balaban J connectivity index is 1.83. The molecule has 11 heteroatoms. The molecule has 45 heavy (non-hydrogen) atoms. The lowest BCUT2D eigenvalue weighted by Crippen LogP contribution is -2.43. The Morgan fingerprint density at radius 3 is 2.36 bits per heavy atom. The topological polar surface area (TPSA) is 97.9 Å². The molecule has 4 rings (SSSR count). The molecule has 2 aromatic carbocycles. The Morgan fingerprint density at radius 2 is 1.73 bits per heavy atom. The van der Waals surface area contributed by atoms with Crippen molar-refractivity contribution < 1.29 is 14.3 Å². The molecule has 0 aliphatic carbocycles. The van der Waals surface area contributed by atoms with Crippen LogP contribution >= 0.6 is 23.2 Å². The van der Waals surface area contributed by atoms with Gasteiger partial charge in [0.05, 0.1) is 28.8 Å². The van der Waals surface area contributed by atoms with E-state index in [-0.39, 0.29) is 30.6 Å². The van der Waals surface area contributed by atoms with E-state index in [0.717, 1.165) is 12.0 Å². The van der Waals surface area contributed by atoms with Crippen molar-refractivity contribution in [1.82, 2.24) is 24.4 Å². The van der Waals surface area contributed by atoms with E-state index in [1.165, 1.54) is 4.52 Å². The van der Waals surface area contributed by atoms with E-state index >= 15 is 0 Å². The molecule has 0 unspecified atom stereocenters. The fourth-order valence-electron chi connectivity index (χ4n) is 5.27. The van der Waals surface area contributed by atoms with E-state index in [9.17, 15) is 14.4 Å². The van der Waals surface area contributed by atoms with Gasteiger partial charge in [0.1, 0.15) is 5.60 Å². The molecule has 1 N–H and O–H groups in total. The number of fused-ring (bicyclic) bond motifs is 1. The molecule has 0 saturated carbocycles. The van der Waals surface area contributed by atoms with Crippen LogP contribution in [-0.4, -0.2) is 49.8 Å². The number of carbonyl (C=O) groups excluding carboxylic acids is 2. The van der Waals surface area contributed by atoms with Gasteiger partial charge in [-0.3, -0.25) is 9.36 Å². The lowest BCUT2D eigenvalue weighted by Gasteiger charge is -2.37. The van der Waals surface area contributed by atoms with Crippen molar-refractivity contribution in [3.05, 3.63) is 104 Å². The van der Waals surface area contributed by atoms with Crippen LogP contribution in [0, 0.1) is 12.8 Å². The minimum atomic E-state index is -0.628. The molecular weight excluding hydrogens is 613 g/mol. The van der Waals surface area contributed by atoms with E-state index in [4.69, 9.17) is 27.9 Å². The van der Waals surface area contributed by atoms with Gasteiger partial charge < -0.3 is 15.0 Å². The van der Waals surface area contributed by atoms with Gasteiger partial charge in [-0.1, -0.05) is 73.8 Å². The largest absolute Gasteiger partial charge is 0.444 e. The number of hydrogen-bond donors (Lipinski definition) is 1. The van der Waals surface area contributed by atoms with Crippen LogP contribution in [0.1, 0.15) is 80.8 Å². The van der Waals surface area contributed by atoms with Crippen LogP contribution in [0.15, 0.2) is 65.5 Å². The molecule has 2 aromatic heterocycles. The first kappa shape index (κ1) is 34.1. The van der Waals surface area contributed by atoms with Gasteiger partial charge in [0.25, 0.3) is 5.91 Å². The zero-order chi connectivity index (χ0) is 32.9. The SMILES string of the molecule is CC[C@H](C)[C@@H](c1cc2c(Cl)c(C)nn2c(=O)n1Cc1ccccc1)N(CCCNC(=O)OC(C)(C)C)C(=O)c1ccc(Cl)cc1. The quantitative estimate of drug-likeness (QED) is 0.171. The van der Waals surface area contributed by atoms with Crippen molar-refractivity contribution in [2.75, 3.05) is 13.1 Å². The molecule has 0 fully saturated rings. The minimum Gasteiger partial charge on any atom is -0.444 e. The van der Waals surface area contributed by atoms with Crippen molar-refractivity contribution in [2.45, 2.75) is 72.6 Å². The highest BCUT2D eigenvalue weighted by atomic mass is 35.5. The minimum absolute atomic E-state index is 0.0632. The summed E-state index contributed by atoms with van der Waals surface area (Å²) in [5.41, 5.74) is 2.09. The van der Waals surface area contributed by atoms with E-state index in [1.807, 2.05) is 36.4 Å². The van der Waals surface area contributed by atoms with Crippen LogP contribution in [0.2, 0.25) is 10.0 Å². The number of benzene rings is 2. The summed E-state index contributed by atoms with van der Waals surface area (Å²) in [4.78, 5) is 42.6. The molecule has 240 valence electrons. The molecule has 0 bridgehead atoms. The Morgan fingerprint density at radius 1 is 1.07 bits per heavy atom. The average molecular weight is 655 g/mol. The third kappa shape index (κ3) is 8.27. The summed E-state index contributed by atoms with van der Waals surface area (Å²) >= 11 is 12.8. The zero-order valence-corrected chi connectivity index (χ0v) is 28.2. The lowest BCUT2D eigenvalue weighted by atomic mass is 9.92. The molecule has 0 radical (unpaired) electrons. The van der Waals surface area contributed by atoms with Crippen LogP contribution in [-0.2, 0) is 11.3 Å². The van der Waals surface area contributed by atoms with Crippen molar-refractivity contribution in [3.8, 4) is 0 Å². The normalized spacial score (nSPS) is 13.0. The van der Waals surface area contributed by atoms with Gasteiger partial charge in [0, 0.05) is 29.4 Å². The molecule has 0 aliphatic rings. The van der Waals surface area contributed by atoms with E-state index in [0.29, 0.717) is 45.5 Å². The van der Waals surface area contributed by atoms with E-state index in [2.05, 4.69) is 24.3 Å². The van der Waals surface area contributed by atoms with Gasteiger partial charge in [-0.2, -0.15) is 9.61 Å². The summed E-state index contributed by atoms with van der Waals surface area (Å²) < 4.78 is 8.39. The molecule has 0 spiro atoms. The van der Waals surface area contributed by atoms with Gasteiger partial charge in [0.2, 0.25) is 0 Å². The smallest absolute Gasteiger partial charge is 0.407 e. The molecule has 9 nitrogen and oxygen atoms in total. The summed E-state index contributed by atoms with van der Waals surface area (Å²) in [6.07, 6.45) is 0.648. The first-order chi connectivity index (χ1) is 21.3. The highest BCUT2D eigenvalue weighted by Crippen LogP contribution is 2.34. The Labute approximate surface area is 274 Å². The third-order valence-corrected chi connectivity index (χ3v) is 8.35. The maximum atomic E-state index is 14.3. The van der Waals surface area contributed by atoms with Crippen LogP contribution in [0.5, 0.6) is 0 Å². The van der Waals surface area contributed by atoms with Crippen LogP contribution in [0.25, 0.3) is 5.52 Å². The molecule has 2 atom stereocenters. The maximum absolute atomic E-state index is 14.3. The van der Waals surface area contributed by atoms with Crippen molar-refractivity contribution in [1.29, 1.82) is 0 Å². The van der Waals surface area contributed by atoms with Gasteiger partial charge >= 0.3 is 11.8 Å². The van der Waals surface area contributed by atoms with E-state index < -0.39 is 17.7 Å². The van der Waals surface area contributed by atoms with Crippen molar-refractivity contribution in [3.63, 3.8) is 0 Å². The summed E-state index contributed by atoms with van der Waals surface area (Å²) in [5.74, 6) is -0.282. The molecule has 2 amide bonds. The number of ether oxygens (including phenoxy) is 1. The number of aromatic nitrogens is 3.